The minimum Gasteiger partial charge on any atom is -0.493 e. The van der Waals surface area contributed by atoms with Crippen molar-refractivity contribution >= 4 is 17.2 Å². The van der Waals surface area contributed by atoms with E-state index < -0.39 is 0 Å². The summed E-state index contributed by atoms with van der Waals surface area (Å²) in [6.45, 7) is 6.97. The van der Waals surface area contributed by atoms with E-state index in [2.05, 4.69) is 22.5 Å². The van der Waals surface area contributed by atoms with Crippen LogP contribution in [0.1, 0.15) is 38.8 Å². The van der Waals surface area contributed by atoms with Crippen LogP contribution in [0.4, 0.5) is 0 Å². The number of hydrogen-bond acceptors (Lipinski definition) is 6. The summed E-state index contributed by atoms with van der Waals surface area (Å²) in [5.74, 6) is 1.60. The van der Waals surface area contributed by atoms with E-state index in [0.29, 0.717) is 25.4 Å². The fourth-order valence-electron chi connectivity index (χ4n) is 3.46. The fourth-order valence-corrected chi connectivity index (χ4v) is 4.27. The lowest BCUT2D eigenvalue weighted by atomic mass is 10.1. The van der Waals surface area contributed by atoms with E-state index >= 15 is 0 Å². The molecule has 0 saturated carbocycles. The minimum absolute atomic E-state index is 0.0515. The first-order valence-electron chi connectivity index (χ1n) is 9.93. The van der Waals surface area contributed by atoms with E-state index in [4.69, 9.17) is 14.5 Å². The second kappa shape index (κ2) is 9.89. The van der Waals surface area contributed by atoms with Crippen LogP contribution in [0.3, 0.4) is 0 Å². The molecule has 0 spiro atoms. The van der Waals surface area contributed by atoms with E-state index in [0.717, 1.165) is 47.8 Å². The van der Waals surface area contributed by atoms with E-state index in [9.17, 15) is 4.79 Å². The van der Waals surface area contributed by atoms with Gasteiger partial charge in [-0.15, -0.1) is 11.3 Å². The fraction of sp³-hybridized carbons (Fsp3) is 0.524. The molecule has 3 rings (SSSR count). The summed E-state index contributed by atoms with van der Waals surface area (Å²) < 4.78 is 11.0. The number of rotatable bonds is 9. The Morgan fingerprint density at radius 3 is 2.93 bits per heavy atom. The summed E-state index contributed by atoms with van der Waals surface area (Å²) in [5.41, 5.74) is 2.01. The molecule has 1 aliphatic rings. The van der Waals surface area contributed by atoms with Crippen LogP contribution in [0.15, 0.2) is 23.6 Å². The van der Waals surface area contributed by atoms with E-state index in [1.54, 1.807) is 18.4 Å². The molecule has 1 aromatic heterocycles. The molecule has 2 aromatic rings. The standard InChI is InChI=1S/C21H29N3O3S/c1-4-6-7-17-20(25)22-10-11-24(17)13-16-14-28-21(23-16)15-8-9-18(27-5-2)19(12-15)26-3/h8-9,12,14,17H,4-7,10-11,13H2,1-3H3,(H,22,25). The molecule has 1 unspecified atom stereocenters. The molecule has 1 N–H and O–H groups in total. The molecule has 1 aliphatic heterocycles. The Balaban J connectivity index is 1.73. The minimum atomic E-state index is -0.0515. The van der Waals surface area contributed by atoms with Gasteiger partial charge in [-0.25, -0.2) is 4.98 Å². The number of carbonyl (C=O) groups excluding carboxylic acids is 1. The topological polar surface area (TPSA) is 63.7 Å². The Labute approximate surface area is 170 Å². The Hall–Kier alpha value is -2.12. The summed E-state index contributed by atoms with van der Waals surface area (Å²) in [5, 5.41) is 6.02. The van der Waals surface area contributed by atoms with Gasteiger partial charge in [0.2, 0.25) is 5.91 Å². The van der Waals surface area contributed by atoms with Gasteiger partial charge in [-0.2, -0.15) is 0 Å². The quantitative estimate of drug-likeness (QED) is 0.692. The third-order valence-electron chi connectivity index (χ3n) is 4.90. The number of benzene rings is 1. The van der Waals surface area contributed by atoms with Gasteiger partial charge < -0.3 is 14.8 Å². The summed E-state index contributed by atoms with van der Waals surface area (Å²) in [6.07, 6.45) is 3.05. The molecule has 7 heteroatoms. The van der Waals surface area contributed by atoms with Crippen molar-refractivity contribution in [3.8, 4) is 22.1 Å². The first-order chi connectivity index (χ1) is 13.7. The van der Waals surface area contributed by atoms with Crippen molar-refractivity contribution in [1.29, 1.82) is 0 Å². The maximum Gasteiger partial charge on any atom is 0.237 e. The number of methoxy groups -OCH3 is 1. The van der Waals surface area contributed by atoms with Gasteiger partial charge in [0.25, 0.3) is 0 Å². The highest BCUT2D eigenvalue weighted by atomic mass is 32.1. The van der Waals surface area contributed by atoms with E-state index in [-0.39, 0.29) is 11.9 Å². The Morgan fingerprint density at radius 1 is 1.32 bits per heavy atom. The molecule has 0 radical (unpaired) electrons. The Morgan fingerprint density at radius 2 is 2.18 bits per heavy atom. The van der Waals surface area contributed by atoms with Crippen molar-refractivity contribution in [3.63, 3.8) is 0 Å². The largest absolute Gasteiger partial charge is 0.493 e. The zero-order valence-corrected chi connectivity index (χ0v) is 17.7. The number of hydrogen-bond donors (Lipinski definition) is 1. The maximum atomic E-state index is 12.3. The van der Waals surface area contributed by atoms with Gasteiger partial charge in [-0.3, -0.25) is 9.69 Å². The molecule has 1 amide bonds. The predicted molar refractivity (Wildman–Crippen MR) is 112 cm³/mol. The lowest BCUT2D eigenvalue weighted by molar-refractivity contribution is -0.129. The third kappa shape index (κ3) is 4.83. The highest BCUT2D eigenvalue weighted by Gasteiger charge is 2.29. The number of piperazine rings is 1. The first-order valence-corrected chi connectivity index (χ1v) is 10.8. The van der Waals surface area contributed by atoms with Gasteiger partial charge >= 0.3 is 0 Å². The zero-order valence-electron chi connectivity index (χ0n) is 16.9. The van der Waals surface area contributed by atoms with E-state index in [1.165, 1.54) is 0 Å². The number of nitrogens with zero attached hydrogens (tertiary/aromatic N) is 2. The maximum absolute atomic E-state index is 12.3. The summed E-state index contributed by atoms with van der Waals surface area (Å²) in [7, 11) is 1.65. The smallest absolute Gasteiger partial charge is 0.237 e. The van der Waals surface area contributed by atoms with Crippen LogP contribution in [0.2, 0.25) is 0 Å². The average Bonchev–Trinajstić information content (AvgIpc) is 3.16. The van der Waals surface area contributed by atoms with Crippen LogP contribution in [-0.4, -0.2) is 48.6 Å². The third-order valence-corrected chi connectivity index (χ3v) is 5.84. The van der Waals surface area contributed by atoms with Crippen molar-refractivity contribution < 1.29 is 14.3 Å². The van der Waals surface area contributed by atoms with Crippen molar-refractivity contribution in [3.05, 3.63) is 29.3 Å². The lowest BCUT2D eigenvalue weighted by Crippen LogP contribution is -2.54. The van der Waals surface area contributed by atoms with Crippen molar-refractivity contribution in [2.24, 2.45) is 0 Å². The molecule has 6 nitrogen and oxygen atoms in total. The molecule has 0 aliphatic carbocycles. The summed E-state index contributed by atoms with van der Waals surface area (Å²) in [6, 6.07) is 5.85. The van der Waals surface area contributed by atoms with Crippen molar-refractivity contribution in [2.45, 2.75) is 45.7 Å². The van der Waals surface area contributed by atoms with Crippen LogP contribution < -0.4 is 14.8 Å². The van der Waals surface area contributed by atoms with Crippen molar-refractivity contribution in [1.82, 2.24) is 15.2 Å². The second-order valence-electron chi connectivity index (χ2n) is 6.86. The molecule has 1 saturated heterocycles. The number of thiazole rings is 1. The van der Waals surface area contributed by atoms with Gasteiger partial charge in [0.05, 0.1) is 25.5 Å². The van der Waals surface area contributed by atoms with Crippen LogP contribution in [0, 0.1) is 0 Å². The van der Waals surface area contributed by atoms with Crippen molar-refractivity contribution in [2.75, 3.05) is 26.8 Å². The van der Waals surface area contributed by atoms with Gasteiger partial charge in [-0.1, -0.05) is 19.8 Å². The molecular weight excluding hydrogens is 374 g/mol. The van der Waals surface area contributed by atoms with E-state index in [1.807, 2.05) is 25.1 Å². The van der Waals surface area contributed by atoms with Gasteiger partial charge in [-0.05, 0) is 31.5 Å². The molecule has 28 heavy (non-hydrogen) atoms. The zero-order chi connectivity index (χ0) is 19.9. The molecule has 2 heterocycles. The van der Waals surface area contributed by atoms with Crippen LogP contribution >= 0.6 is 11.3 Å². The summed E-state index contributed by atoms with van der Waals surface area (Å²) >= 11 is 1.61. The lowest BCUT2D eigenvalue weighted by Gasteiger charge is -2.34. The number of carbonyl (C=O) groups is 1. The number of ether oxygens (including phenoxy) is 2. The Kier molecular flexibility index (Phi) is 7.28. The Bertz CT molecular complexity index is 793. The molecular formula is C21H29N3O3S. The normalized spacial score (nSPS) is 17.4. The molecule has 152 valence electrons. The second-order valence-corrected chi connectivity index (χ2v) is 7.72. The molecule has 1 aromatic carbocycles. The van der Waals surface area contributed by atoms with Gasteiger partial charge in [0.15, 0.2) is 11.5 Å². The number of unbranched alkanes of at least 4 members (excludes halogenated alkanes) is 1. The average molecular weight is 404 g/mol. The molecule has 1 fully saturated rings. The van der Waals surface area contributed by atoms with Gasteiger partial charge in [0, 0.05) is 30.6 Å². The molecule has 0 bridgehead atoms. The van der Waals surface area contributed by atoms with Crippen LogP contribution in [-0.2, 0) is 11.3 Å². The number of amides is 1. The monoisotopic (exact) mass is 403 g/mol. The van der Waals surface area contributed by atoms with Gasteiger partial charge in [0.1, 0.15) is 5.01 Å². The highest BCUT2D eigenvalue weighted by Crippen LogP contribution is 2.34. The van der Waals surface area contributed by atoms with Crippen LogP contribution in [0.5, 0.6) is 11.5 Å². The first kappa shape index (κ1) is 20.6. The SMILES string of the molecule is CCCCC1C(=O)NCCN1Cc1csc(-c2ccc(OCC)c(OC)c2)n1. The molecule has 1 atom stereocenters. The number of aromatic nitrogens is 1. The predicted octanol–water partition coefficient (Wildman–Crippen LogP) is 3.71. The summed E-state index contributed by atoms with van der Waals surface area (Å²) in [4.78, 5) is 19.4. The number of nitrogens with one attached hydrogen (secondary N) is 1. The highest BCUT2D eigenvalue weighted by molar-refractivity contribution is 7.13. The van der Waals surface area contributed by atoms with Crippen LogP contribution in [0.25, 0.3) is 10.6 Å².